The van der Waals surface area contributed by atoms with Gasteiger partial charge in [0.1, 0.15) is 5.15 Å². The van der Waals surface area contributed by atoms with Crippen molar-refractivity contribution in [2.75, 3.05) is 5.88 Å². The van der Waals surface area contributed by atoms with E-state index in [0.717, 1.165) is 22.9 Å². The van der Waals surface area contributed by atoms with E-state index in [4.69, 9.17) is 23.2 Å². The average Bonchev–Trinajstić information content (AvgIpc) is 2.28. The van der Waals surface area contributed by atoms with Gasteiger partial charge in [0.25, 0.3) is 0 Å². The Balaban J connectivity index is 2.68. The number of nitrogens with zero attached hydrogens (tertiary/aromatic N) is 1. The molecule has 1 heterocycles. The maximum Gasteiger partial charge on any atom is 0.133 e. The molecule has 1 aromatic heterocycles. The number of aryl methyl sites for hydroxylation is 1. The van der Waals surface area contributed by atoms with Crippen molar-refractivity contribution in [3.05, 3.63) is 40.5 Å². The molecule has 0 amide bonds. The normalized spacial score (nSPS) is 12.1. The summed E-state index contributed by atoms with van der Waals surface area (Å²) in [6, 6.07) is 8.36. The Morgan fingerprint density at radius 1 is 1.22 bits per heavy atom. The second-order valence-corrected chi connectivity index (χ2v) is 6.24. The molecule has 0 unspecified atom stereocenters. The second-order valence-electron chi connectivity index (χ2n) is 5.50. The Kier molecular flexibility index (Phi) is 3.84. The molecule has 0 saturated carbocycles. The lowest BCUT2D eigenvalue weighted by molar-refractivity contribution is 0.594. The van der Waals surface area contributed by atoms with Crippen molar-refractivity contribution in [1.29, 1.82) is 0 Å². The van der Waals surface area contributed by atoms with Gasteiger partial charge in [-0.2, -0.15) is 0 Å². The summed E-state index contributed by atoms with van der Waals surface area (Å²) in [4.78, 5) is 4.57. The van der Waals surface area contributed by atoms with Gasteiger partial charge in [-0.25, -0.2) is 4.98 Å². The highest BCUT2D eigenvalue weighted by Crippen LogP contribution is 2.31. The first-order chi connectivity index (χ1) is 8.43. The number of alkyl halides is 1. The number of pyridine rings is 1. The third-order valence-corrected chi connectivity index (χ3v) is 3.56. The van der Waals surface area contributed by atoms with Crippen LogP contribution in [-0.2, 0) is 11.8 Å². The van der Waals surface area contributed by atoms with Crippen LogP contribution in [0.5, 0.6) is 0 Å². The zero-order valence-corrected chi connectivity index (χ0v) is 12.4. The predicted octanol–water partition coefficient (Wildman–Crippen LogP) is 4.97. The number of fused-ring (bicyclic) bond motifs is 1. The highest BCUT2D eigenvalue weighted by Gasteiger charge is 2.18. The summed E-state index contributed by atoms with van der Waals surface area (Å²) >= 11 is 12.0. The number of halogens is 2. The van der Waals surface area contributed by atoms with E-state index < -0.39 is 0 Å². The van der Waals surface area contributed by atoms with E-state index in [0.29, 0.717) is 11.0 Å². The van der Waals surface area contributed by atoms with Gasteiger partial charge in [-0.1, -0.05) is 50.6 Å². The molecule has 0 saturated heterocycles. The van der Waals surface area contributed by atoms with Gasteiger partial charge < -0.3 is 0 Å². The zero-order chi connectivity index (χ0) is 13.3. The number of aromatic nitrogens is 1. The van der Waals surface area contributed by atoms with E-state index in [-0.39, 0.29) is 5.41 Å². The number of hydrogen-bond donors (Lipinski definition) is 0. The standard InChI is InChI=1S/C15H17Cl2N/c1-15(2,3)12-6-4-5-10-9-11(7-8-16)14(17)18-13(10)12/h4-6,9H,7-8H2,1-3H3. The van der Waals surface area contributed by atoms with Crippen molar-refractivity contribution >= 4 is 34.1 Å². The van der Waals surface area contributed by atoms with Crippen LogP contribution in [0.25, 0.3) is 10.9 Å². The van der Waals surface area contributed by atoms with Crippen molar-refractivity contribution in [2.24, 2.45) is 0 Å². The van der Waals surface area contributed by atoms with E-state index in [1.807, 2.05) is 0 Å². The topological polar surface area (TPSA) is 12.9 Å². The molecule has 0 fully saturated rings. The van der Waals surface area contributed by atoms with E-state index in [1.165, 1.54) is 5.56 Å². The SMILES string of the molecule is CC(C)(C)c1cccc2cc(CCCl)c(Cl)nc12. The molecule has 0 atom stereocenters. The molecular formula is C15H17Cl2N. The van der Waals surface area contributed by atoms with Crippen LogP contribution in [0.3, 0.4) is 0 Å². The molecule has 0 radical (unpaired) electrons. The fourth-order valence-electron chi connectivity index (χ4n) is 2.10. The fourth-order valence-corrected chi connectivity index (χ4v) is 2.54. The third kappa shape index (κ3) is 2.62. The number of benzene rings is 1. The Morgan fingerprint density at radius 2 is 1.94 bits per heavy atom. The summed E-state index contributed by atoms with van der Waals surface area (Å²) in [5.74, 6) is 0.561. The molecule has 0 aliphatic carbocycles. The summed E-state index contributed by atoms with van der Waals surface area (Å²) < 4.78 is 0. The van der Waals surface area contributed by atoms with Crippen LogP contribution in [0.2, 0.25) is 5.15 Å². The molecule has 0 aliphatic heterocycles. The quantitative estimate of drug-likeness (QED) is 0.560. The van der Waals surface area contributed by atoms with Crippen molar-refractivity contribution in [1.82, 2.24) is 4.98 Å². The first-order valence-corrected chi connectivity index (χ1v) is 6.99. The van der Waals surface area contributed by atoms with Gasteiger partial charge >= 0.3 is 0 Å². The maximum atomic E-state index is 6.23. The van der Waals surface area contributed by atoms with Gasteiger partial charge in [0.05, 0.1) is 5.52 Å². The van der Waals surface area contributed by atoms with Gasteiger partial charge in [0.2, 0.25) is 0 Å². The van der Waals surface area contributed by atoms with Crippen LogP contribution in [-0.4, -0.2) is 10.9 Å². The Hall–Kier alpha value is -0.790. The van der Waals surface area contributed by atoms with Crippen molar-refractivity contribution < 1.29 is 0 Å². The Labute approximate surface area is 118 Å². The Morgan fingerprint density at radius 3 is 2.56 bits per heavy atom. The minimum atomic E-state index is 0.0594. The third-order valence-electron chi connectivity index (χ3n) is 3.04. The van der Waals surface area contributed by atoms with Crippen molar-refractivity contribution in [2.45, 2.75) is 32.6 Å². The first kappa shape index (κ1) is 13.6. The molecule has 2 aromatic rings. The molecule has 3 heteroatoms. The van der Waals surface area contributed by atoms with E-state index in [9.17, 15) is 0 Å². The van der Waals surface area contributed by atoms with Crippen LogP contribution < -0.4 is 0 Å². The van der Waals surface area contributed by atoms with Crippen LogP contribution in [0, 0.1) is 0 Å². The number of rotatable bonds is 2. The molecule has 0 aliphatic rings. The summed E-state index contributed by atoms with van der Waals surface area (Å²) in [6.45, 7) is 6.55. The van der Waals surface area contributed by atoms with E-state index >= 15 is 0 Å². The summed E-state index contributed by atoms with van der Waals surface area (Å²) in [5.41, 5.74) is 3.29. The lowest BCUT2D eigenvalue weighted by Gasteiger charge is -2.21. The van der Waals surface area contributed by atoms with Crippen LogP contribution in [0.4, 0.5) is 0 Å². The molecule has 2 rings (SSSR count). The van der Waals surface area contributed by atoms with Gasteiger partial charge in [-0.05, 0) is 29.0 Å². The lowest BCUT2D eigenvalue weighted by atomic mass is 9.85. The summed E-state index contributed by atoms with van der Waals surface area (Å²) in [7, 11) is 0. The predicted molar refractivity (Wildman–Crippen MR) is 79.9 cm³/mol. The summed E-state index contributed by atoms with van der Waals surface area (Å²) in [6.07, 6.45) is 0.753. The molecule has 0 N–H and O–H groups in total. The highest BCUT2D eigenvalue weighted by atomic mass is 35.5. The first-order valence-electron chi connectivity index (χ1n) is 6.08. The maximum absolute atomic E-state index is 6.23. The average molecular weight is 282 g/mol. The summed E-state index contributed by atoms with van der Waals surface area (Å²) in [5, 5.41) is 1.70. The minimum absolute atomic E-state index is 0.0594. The molecule has 1 aromatic carbocycles. The van der Waals surface area contributed by atoms with Crippen molar-refractivity contribution in [3.63, 3.8) is 0 Å². The largest absolute Gasteiger partial charge is 0.236 e. The van der Waals surface area contributed by atoms with Crippen molar-refractivity contribution in [3.8, 4) is 0 Å². The van der Waals surface area contributed by atoms with Crippen LogP contribution >= 0.6 is 23.2 Å². The molecule has 0 spiro atoms. The zero-order valence-electron chi connectivity index (χ0n) is 10.9. The second kappa shape index (κ2) is 5.07. The van der Waals surface area contributed by atoms with Crippen LogP contribution in [0.15, 0.2) is 24.3 Å². The lowest BCUT2D eigenvalue weighted by Crippen LogP contribution is -2.12. The minimum Gasteiger partial charge on any atom is -0.236 e. The molecular weight excluding hydrogens is 265 g/mol. The molecule has 96 valence electrons. The number of hydrogen-bond acceptors (Lipinski definition) is 1. The van der Waals surface area contributed by atoms with Gasteiger partial charge in [0.15, 0.2) is 0 Å². The van der Waals surface area contributed by atoms with E-state index in [2.05, 4.69) is 50.0 Å². The molecule has 1 nitrogen and oxygen atoms in total. The van der Waals surface area contributed by atoms with Gasteiger partial charge in [-0.15, -0.1) is 11.6 Å². The number of para-hydroxylation sites is 1. The molecule has 0 bridgehead atoms. The van der Waals surface area contributed by atoms with Gasteiger partial charge in [0, 0.05) is 11.3 Å². The fraction of sp³-hybridized carbons (Fsp3) is 0.400. The monoisotopic (exact) mass is 281 g/mol. The Bertz CT molecular complexity index is 570. The molecule has 18 heavy (non-hydrogen) atoms. The van der Waals surface area contributed by atoms with E-state index in [1.54, 1.807) is 0 Å². The highest BCUT2D eigenvalue weighted by molar-refractivity contribution is 6.30. The van der Waals surface area contributed by atoms with Crippen LogP contribution in [0.1, 0.15) is 31.9 Å². The van der Waals surface area contributed by atoms with Gasteiger partial charge in [-0.3, -0.25) is 0 Å². The smallest absolute Gasteiger partial charge is 0.133 e.